The lowest BCUT2D eigenvalue weighted by molar-refractivity contribution is -0.106. The summed E-state index contributed by atoms with van der Waals surface area (Å²) < 4.78 is 12.5. The highest BCUT2D eigenvalue weighted by Gasteiger charge is 1.93. The zero-order valence-electron chi connectivity index (χ0n) is 18.2. The van der Waals surface area contributed by atoms with Crippen molar-refractivity contribution >= 4 is 6.29 Å². The van der Waals surface area contributed by atoms with Gasteiger partial charge in [-0.15, -0.1) is 0 Å². The van der Waals surface area contributed by atoms with Gasteiger partial charge in [0, 0.05) is 0 Å². The number of hydrogen-bond donors (Lipinski definition) is 0. The highest BCUT2D eigenvalue weighted by Crippen LogP contribution is 2.07. The van der Waals surface area contributed by atoms with E-state index < -0.39 is 0 Å². The first kappa shape index (κ1) is 30.7. The summed E-state index contributed by atoms with van der Waals surface area (Å²) >= 11 is 0. The minimum absolute atomic E-state index is 0.124. The smallest absolute Gasteiger partial charge is 0.126 e. The van der Waals surface area contributed by atoms with E-state index in [0.717, 1.165) is 29.2 Å². The molecule has 0 spiro atoms. The van der Waals surface area contributed by atoms with Crippen molar-refractivity contribution in [2.24, 2.45) is 11.8 Å². The summed E-state index contributed by atoms with van der Waals surface area (Å²) in [6, 6.07) is 5.09. The van der Waals surface area contributed by atoms with Gasteiger partial charge in [0.25, 0.3) is 0 Å². The standard InChI is InChI=1S/C8H9F.C6H14.C4H10.C2H4O.C2H6/c1-6-3-4-8(9)7(2)5-6;1-4-5-6(2)3;1-4(2)3;1-2-3;1-2/h3-5H,1-2H3;6H,4-5H2,1-3H3;4H,1-3H3;2H,1H3;1-2H3. The second-order valence-electron chi connectivity index (χ2n) is 6.40. The van der Waals surface area contributed by atoms with E-state index in [9.17, 15) is 4.39 Å². The van der Waals surface area contributed by atoms with Gasteiger partial charge < -0.3 is 4.79 Å². The van der Waals surface area contributed by atoms with Crippen LogP contribution in [0, 0.1) is 31.5 Å². The molecule has 0 N–H and O–H groups in total. The fourth-order valence-electron chi connectivity index (χ4n) is 1.37. The van der Waals surface area contributed by atoms with Crippen LogP contribution in [0.15, 0.2) is 18.2 Å². The van der Waals surface area contributed by atoms with E-state index >= 15 is 0 Å². The van der Waals surface area contributed by atoms with Gasteiger partial charge >= 0.3 is 0 Å². The minimum atomic E-state index is -0.124. The predicted molar refractivity (Wildman–Crippen MR) is 109 cm³/mol. The summed E-state index contributed by atoms with van der Waals surface area (Å²) in [5, 5.41) is 0. The van der Waals surface area contributed by atoms with E-state index in [1.807, 2.05) is 26.8 Å². The molecule has 0 saturated carbocycles. The van der Waals surface area contributed by atoms with Crippen molar-refractivity contribution in [1.82, 2.24) is 0 Å². The number of aldehydes is 1. The van der Waals surface area contributed by atoms with Gasteiger partial charge in [-0.05, 0) is 44.2 Å². The van der Waals surface area contributed by atoms with E-state index in [4.69, 9.17) is 4.79 Å². The molecular weight excluding hydrogens is 299 g/mol. The number of carbonyl (C=O) groups excluding carboxylic acids is 1. The molecule has 0 fully saturated rings. The molecule has 0 bridgehead atoms. The molecular formula is C22H43FO. The monoisotopic (exact) mass is 342 g/mol. The van der Waals surface area contributed by atoms with Crippen molar-refractivity contribution in [1.29, 1.82) is 0 Å². The van der Waals surface area contributed by atoms with Gasteiger partial charge in [0.15, 0.2) is 0 Å². The molecule has 0 aliphatic heterocycles. The van der Waals surface area contributed by atoms with Crippen molar-refractivity contribution in [3.05, 3.63) is 35.1 Å². The van der Waals surface area contributed by atoms with Crippen LogP contribution in [-0.2, 0) is 4.79 Å². The SMILES string of the molecule is CC.CC(C)C.CC=O.CCCC(C)C.Cc1ccc(F)c(C)c1. The lowest BCUT2D eigenvalue weighted by Gasteiger charge is -1.95. The molecule has 1 aromatic carbocycles. The van der Waals surface area contributed by atoms with E-state index in [1.165, 1.54) is 25.8 Å². The Morgan fingerprint density at radius 2 is 1.42 bits per heavy atom. The van der Waals surface area contributed by atoms with Crippen molar-refractivity contribution in [3.8, 4) is 0 Å². The zero-order chi connectivity index (χ0) is 20.1. The van der Waals surface area contributed by atoms with Crippen LogP contribution in [0.5, 0.6) is 0 Å². The fourth-order valence-corrected chi connectivity index (χ4v) is 1.37. The van der Waals surface area contributed by atoms with Crippen LogP contribution in [0.1, 0.15) is 86.3 Å². The van der Waals surface area contributed by atoms with Crippen LogP contribution in [-0.4, -0.2) is 6.29 Å². The van der Waals surface area contributed by atoms with Crippen LogP contribution in [0.3, 0.4) is 0 Å². The fraction of sp³-hybridized carbons (Fsp3) is 0.682. The van der Waals surface area contributed by atoms with E-state index in [0.29, 0.717) is 0 Å². The highest BCUT2D eigenvalue weighted by molar-refractivity contribution is 5.44. The van der Waals surface area contributed by atoms with Gasteiger partial charge in [0.05, 0.1) is 0 Å². The Kier molecular flexibility index (Phi) is 30.8. The summed E-state index contributed by atoms with van der Waals surface area (Å²) in [6.07, 6.45) is 3.46. The Balaban J connectivity index is -0.000000117. The first-order valence-corrected chi connectivity index (χ1v) is 9.24. The van der Waals surface area contributed by atoms with Gasteiger partial charge in [-0.3, -0.25) is 0 Å². The average Bonchev–Trinajstić information content (AvgIpc) is 2.46. The lowest BCUT2D eigenvalue weighted by Crippen LogP contribution is -1.81. The number of rotatable bonds is 2. The molecule has 1 nitrogen and oxygen atoms in total. The first-order chi connectivity index (χ1) is 11.1. The second kappa shape index (κ2) is 24.1. The van der Waals surface area contributed by atoms with Crippen LogP contribution in [0.2, 0.25) is 0 Å². The van der Waals surface area contributed by atoms with Gasteiger partial charge in [0.2, 0.25) is 0 Å². The predicted octanol–water partition coefficient (Wildman–Crippen LogP) is 7.78. The van der Waals surface area contributed by atoms with E-state index in [-0.39, 0.29) is 5.82 Å². The Hall–Kier alpha value is -1.18. The van der Waals surface area contributed by atoms with Crippen LogP contribution >= 0.6 is 0 Å². The maximum absolute atomic E-state index is 12.5. The molecule has 1 aromatic rings. The molecule has 0 unspecified atom stereocenters. The van der Waals surface area contributed by atoms with Crippen molar-refractivity contribution in [3.63, 3.8) is 0 Å². The Morgan fingerprint density at radius 1 is 1.04 bits per heavy atom. The highest BCUT2D eigenvalue weighted by atomic mass is 19.1. The summed E-state index contributed by atoms with van der Waals surface area (Å²) in [5.74, 6) is 1.61. The molecule has 0 radical (unpaired) electrons. The maximum Gasteiger partial charge on any atom is 0.126 e. The zero-order valence-corrected chi connectivity index (χ0v) is 18.2. The molecule has 1 rings (SSSR count). The van der Waals surface area contributed by atoms with Gasteiger partial charge in [-0.2, -0.15) is 0 Å². The summed E-state index contributed by atoms with van der Waals surface area (Å²) in [7, 11) is 0. The number of aryl methyl sites for hydroxylation is 2. The van der Waals surface area contributed by atoms with Gasteiger partial charge in [-0.25, -0.2) is 4.39 Å². The molecule has 2 heteroatoms. The molecule has 0 aliphatic rings. The molecule has 0 heterocycles. The van der Waals surface area contributed by atoms with Crippen molar-refractivity contribution in [2.45, 2.75) is 89.0 Å². The van der Waals surface area contributed by atoms with Crippen LogP contribution < -0.4 is 0 Å². The topological polar surface area (TPSA) is 17.1 Å². The number of hydrogen-bond acceptors (Lipinski definition) is 1. The van der Waals surface area contributed by atoms with Crippen LogP contribution in [0.25, 0.3) is 0 Å². The van der Waals surface area contributed by atoms with E-state index in [1.54, 1.807) is 13.0 Å². The van der Waals surface area contributed by atoms with Crippen LogP contribution in [0.4, 0.5) is 4.39 Å². The molecule has 0 atom stereocenters. The third-order valence-electron chi connectivity index (χ3n) is 2.18. The third kappa shape index (κ3) is 37.2. The van der Waals surface area contributed by atoms with Crippen molar-refractivity contribution < 1.29 is 9.18 Å². The average molecular weight is 343 g/mol. The van der Waals surface area contributed by atoms with Gasteiger partial charge in [0.1, 0.15) is 12.1 Å². The number of carbonyl (C=O) groups is 1. The lowest BCUT2D eigenvalue weighted by atomic mass is 10.1. The largest absolute Gasteiger partial charge is 0.304 e. The molecule has 0 saturated heterocycles. The Bertz CT molecular complexity index is 354. The quantitative estimate of drug-likeness (QED) is 0.501. The number of benzene rings is 1. The summed E-state index contributed by atoms with van der Waals surface area (Å²) in [4.78, 5) is 8.81. The van der Waals surface area contributed by atoms with E-state index in [2.05, 4.69) is 41.5 Å². The summed E-state index contributed by atoms with van der Waals surface area (Å²) in [5.41, 5.74) is 1.82. The molecule has 0 amide bonds. The third-order valence-corrected chi connectivity index (χ3v) is 2.18. The Morgan fingerprint density at radius 3 is 1.58 bits per heavy atom. The second-order valence-corrected chi connectivity index (χ2v) is 6.40. The van der Waals surface area contributed by atoms with Gasteiger partial charge in [-0.1, -0.05) is 85.9 Å². The number of halogens is 1. The van der Waals surface area contributed by atoms with Crippen molar-refractivity contribution in [2.75, 3.05) is 0 Å². The minimum Gasteiger partial charge on any atom is -0.304 e. The maximum atomic E-state index is 12.5. The first-order valence-electron chi connectivity index (χ1n) is 9.24. The molecule has 144 valence electrons. The molecule has 24 heavy (non-hydrogen) atoms. The Labute approximate surface area is 152 Å². The normalized spacial score (nSPS) is 8.42. The molecule has 0 aliphatic carbocycles. The summed E-state index contributed by atoms with van der Waals surface area (Å²) in [6.45, 7) is 22.4. The molecule has 0 aromatic heterocycles.